The second-order valence-electron chi connectivity index (χ2n) is 5.06. The van der Waals surface area contributed by atoms with Crippen molar-refractivity contribution >= 4 is 17.6 Å². The second kappa shape index (κ2) is 5.87. The van der Waals surface area contributed by atoms with E-state index in [1.54, 1.807) is 6.92 Å². The van der Waals surface area contributed by atoms with Crippen molar-refractivity contribution < 1.29 is 14.3 Å². The van der Waals surface area contributed by atoms with E-state index in [2.05, 4.69) is 5.32 Å². The molecule has 102 valence electrons. The van der Waals surface area contributed by atoms with Crippen molar-refractivity contribution in [1.82, 2.24) is 0 Å². The van der Waals surface area contributed by atoms with Crippen molar-refractivity contribution in [2.24, 2.45) is 5.92 Å². The van der Waals surface area contributed by atoms with E-state index in [4.69, 9.17) is 4.74 Å². The summed E-state index contributed by atoms with van der Waals surface area (Å²) < 4.78 is 5.16. The van der Waals surface area contributed by atoms with Crippen LogP contribution in [-0.2, 0) is 14.3 Å². The molecule has 1 amide bonds. The van der Waals surface area contributed by atoms with Crippen LogP contribution in [0.25, 0.3) is 0 Å². The molecule has 1 aromatic rings. The van der Waals surface area contributed by atoms with E-state index in [9.17, 15) is 9.59 Å². The molecule has 1 N–H and O–H groups in total. The summed E-state index contributed by atoms with van der Waals surface area (Å²) in [6.45, 7) is 3.58. The molecule has 0 aromatic heterocycles. The highest BCUT2D eigenvalue weighted by molar-refractivity contribution is 5.95. The molecule has 0 spiro atoms. The number of anilines is 1. The third-order valence-corrected chi connectivity index (χ3v) is 3.42. The fourth-order valence-corrected chi connectivity index (χ4v) is 1.85. The van der Waals surface area contributed by atoms with Crippen LogP contribution in [0, 0.1) is 12.8 Å². The summed E-state index contributed by atoms with van der Waals surface area (Å²) in [6.07, 6.45) is 2.08. The summed E-state index contributed by atoms with van der Waals surface area (Å²) in [5, 5.41) is 2.73. The first-order valence-corrected chi connectivity index (χ1v) is 6.64. The molecule has 1 aliphatic carbocycles. The molecule has 1 atom stereocenters. The summed E-state index contributed by atoms with van der Waals surface area (Å²) in [5.74, 6) is -0.552. The molecule has 4 nitrogen and oxygen atoms in total. The predicted octanol–water partition coefficient (Wildman–Crippen LogP) is 2.67. The normalized spacial score (nSPS) is 16.3. The Hall–Kier alpha value is -1.84. The van der Waals surface area contributed by atoms with Crippen LogP contribution in [0.5, 0.6) is 0 Å². The Morgan fingerprint density at radius 2 is 1.89 bits per heavy atom. The van der Waals surface area contributed by atoms with Gasteiger partial charge in [0.15, 0.2) is 6.10 Å². The maximum Gasteiger partial charge on any atom is 0.309 e. The predicted molar refractivity (Wildman–Crippen MR) is 72.7 cm³/mol. The average molecular weight is 261 g/mol. The first kappa shape index (κ1) is 13.6. The van der Waals surface area contributed by atoms with Gasteiger partial charge in [0, 0.05) is 5.69 Å². The number of hydrogen-bond donors (Lipinski definition) is 1. The zero-order chi connectivity index (χ0) is 13.8. The summed E-state index contributed by atoms with van der Waals surface area (Å²) >= 11 is 0. The van der Waals surface area contributed by atoms with E-state index in [-0.39, 0.29) is 17.8 Å². The van der Waals surface area contributed by atoms with Gasteiger partial charge in [0.1, 0.15) is 0 Å². The molecule has 0 bridgehead atoms. The van der Waals surface area contributed by atoms with E-state index >= 15 is 0 Å². The fourth-order valence-electron chi connectivity index (χ4n) is 1.85. The minimum absolute atomic E-state index is 0.00498. The van der Waals surface area contributed by atoms with Crippen LogP contribution in [0.3, 0.4) is 0 Å². The Morgan fingerprint density at radius 1 is 1.26 bits per heavy atom. The van der Waals surface area contributed by atoms with E-state index in [0.29, 0.717) is 5.69 Å². The Balaban J connectivity index is 1.84. The first-order chi connectivity index (χ1) is 9.06. The largest absolute Gasteiger partial charge is 0.452 e. The maximum atomic E-state index is 11.9. The number of carbonyl (C=O) groups excluding carboxylic acids is 2. The Kier molecular flexibility index (Phi) is 4.20. The van der Waals surface area contributed by atoms with Gasteiger partial charge in [0.05, 0.1) is 5.92 Å². The fraction of sp³-hybridized carbons (Fsp3) is 0.467. The molecule has 0 heterocycles. The molecule has 0 radical (unpaired) electrons. The number of hydrogen-bond acceptors (Lipinski definition) is 3. The van der Waals surface area contributed by atoms with Crippen molar-refractivity contribution in [3.8, 4) is 0 Å². The molecule has 0 aliphatic heterocycles. The number of nitrogens with one attached hydrogen (secondary N) is 1. The number of carbonyl (C=O) groups is 2. The highest BCUT2D eigenvalue weighted by Crippen LogP contribution is 2.27. The van der Waals surface area contributed by atoms with Crippen LogP contribution in [0.1, 0.15) is 31.7 Å². The van der Waals surface area contributed by atoms with Gasteiger partial charge in [-0.05, 0) is 38.8 Å². The van der Waals surface area contributed by atoms with Gasteiger partial charge in [-0.2, -0.15) is 0 Å². The third-order valence-electron chi connectivity index (χ3n) is 3.42. The average Bonchev–Trinajstić information content (AvgIpc) is 2.29. The molecular weight excluding hydrogens is 242 g/mol. The SMILES string of the molecule is Cc1ccc(NC(=O)[C@H](C)OC(=O)C2CCC2)cc1. The number of benzene rings is 1. The van der Waals surface area contributed by atoms with E-state index < -0.39 is 6.10 Å². The van der Waals surface area contributed by atoms with E-state index in [1.165, 1.54) is 0 Å². The molecular formula is C15H19NO3. The van der Waals surface area contributed by atoms with Crippen molar-refractivity contribution in [2.75, 3.05) is 5.32 Å². The van der Waals surface area contributed by atoms with Crippen LogP contribution >= 0.6 is 0 Å². The van der Waals surface area contributed by atoms with Gasteiger partial charge in [0.25, 0.3) is 5.91 Å². The van der Waals surface area contributed by atoms with Gasteiger partial charge in [-0.3, -0.25) is 9.59 Å². The number of ether oxygens (including phenoxy) is 1. The smallest absolute Gasteiger partial charge is 0.309 e. The third kappa shape index (κ3) is 3.56. The maximum absolute atomic E-state index is 11.9. The second-order valence-corrected chi connectivity index (χ2v) is 5.06. The highest BCUT2D eigenvalue weighted by atomic mass is 16.5. The van der Waals surface area contributed by atoms with Crippen LogP contribution < -0.4 is 5.32 Å². The molecule has 1 aromatic carbocycles. The highest BCUT2D eigenvalue weighted by Gasteiger charge is 2.29. The first-order valence-electron chi connectivity index (χ1n) is 6.64. The lowest BCUT2D eigenvalue weighted by Gasteiger charge is -2.24. The number of esters is 1. The van der Waals surface area contributed by atoms with Crippen LogP contribution in [0.2, 0.25) is 0 Å². The van der Waals surface area contributed by atoms with Gasteiger partial charge >= 0.3 is 5.97 Å². The van der Waals surface area contributed by atoms with Gasteiger partial charge in [0.2, 0.25) is 0 Å². The quantitative estimate of drug-likeness (QED) is 0.848. The summed E-state index contributed by atoms with van der Waals surface area (Å²) in [6, 6.07) is 7.49. The topological polar surface area (TPSA) is 55.4 Å². The van der Waals surface area contributed by atoms with Gasteiger partial charge in [-0.1, -0.05) is 24.1 Å². The van der Waals surface area contributed by atoms with Crippen LogP contribution in [-0.4, -0.2) is 18.0 Å². The zero-order valence-corrected chi connectivity index (χ0v) is 11.3. The zero-order valence-electron chi connectivity index (χ0n) is 11.3. The van der Waals surface area contributed by atoms with Crippen molar-refractivity contribution in [3.63, 3.8) is 0 Å². The number of rotatable bonds is 4. The van der Waals surface area contributed by atoms with E-state index in [0.717, 1.165) is 24.8 Å². The Bertz CT molecular complexity index is 463. The van der Waals surface area contributed by atoms with Crippen molar-refractivity contribution in [3.05, 3.63) is 29.8 Å². The lowest BCUT2D eigenvalue weighted by molar-refractivity contribution is -0.159. The standard InChI is InChI=1S/C15H19NO3/c1-10-6-8-13(9-7-10)16-14(17)11(2)19-15(18)12-4-3-5-12/h6-9,11-12H,3-5H2,1-2H3,(H,16,17)/t11-/m0/s1. The molecule has 1 aliphatic rings. The van der Waals surface area contributed by atoms with Gasteiger partial charge < -0.3 is 10.1 Å². The van der Waals surface area contributed by atoms with Crippen LogP contribution in [0.4, 0.5) is 5.69 Å². The van der Waals surface area contributed by atoms with Gasteiger partial charge in [-0.25, -0.2) is 0 Å². The van der Waals surface area contributed by atoms with Crippen LogP contribution in [0.15, 0.2) is 24.3 Å². The van der Waals surface area contributed by atoms with Gasteiger partial charge in [-0.15, -0.1) is 0 Å². The molecule has 2 rings (SSSR count). The summed E-state index contributed by atoms with van der Waals surface area (Å²) in [4.78, 5) is 23.5. The Morgan fingerprint density at radius 3 is 2.42 bits per heavy atom. The minimum atomic E-state index is -0.755. The minimum Gasteiger partial charge on any atom is -0.452 e. The molecule has 0 saturated heterocycles. The summed E-state index contributed by atoms with van der Waals surface area (Å²) in [7, 11) is 0. The molecule has 4 heteroatoms. The number of amides is 1. The lowest BCUT2D eigenvalue weighted by atomic mass is 9.86. The number of aryl methyl sites for hydroxylation is 1. The lowest BCUT2D eigenvalue weighted by Crippen LogP contribution is -2.34. The Labute approximate surface area is 113 Å². The molecule has 1 fully saturated rings. The monoisotopic (exact) mass is 261 g/mol. The summed E-state index contributed by atoms with van der Waals surface area (Å²) in [5.41, 5.74) is 1.84. The van der Waals surface area contributed by atoms with Crippen molar-refractivity contribution in [1.29, 1.82) is 0 Å². The molecule has 1 saturated carbocycles. The molecule has 19 heavy (non-hydrogen) atoms. The van der Waals surface area contributed by atoms with E-state index in [1.807, 2.05) is 31.2 Å². The molecule has 0 unspecified atom stereocenters. The van der Waals surface area contributed by atoms with Crippen molar-refractivity contribution in [2.45, 2.75) is 39.2 Å².